The number of nitrogens with zero attached hydrogens (tertiary/aromatic N) is 2. The summed E-state index contributed by atoms with van der Waals surface area (Å²) in [7, 11) is -8.44. The maximum absolute atomic E-state index is 14.4. The molecule has 2 aromatic heterocycles. The van der Waals surface area contributed by atoms with Crippen molar-refractivity contribution < 1.29 is 77.5 Å². The molecular weight excluding hydrogens is 1710 g/mol. The second-order valence-corrected chi connectivity index (χ2v) is 74.0. The molecule has 0 amide bonds. The van der Waals surface area contributed by atoms with Crippen LogP contribution < -0.4 is 0 Å². The van der Waals surface area contributed by atoms with E-state index in [1.165, 1.54) is 99.3 Å². The van der Waals surface area contributed by atoms with E-state index in [2.05, 4.69) is 177 Å². The molecule has 0 fully saturated rings. The number of cyclic esters (lactones) is 2. The normalized spacial score (nSPS) is 25.4. The number of ketones is 3. The van der Waals surface area contributed by atoms with Gasteiger partial charge in [0.25, 0.3) is 0 Å². The van der Waals surface area contributed by atoms with Crippen LogP contribution in [-0.4, -0.2) is 128 Å². The van der Waals surface area contributed by atoms with Gasteiger partial charge >= 0.3 is 220 Å². The van der Waals surface area contributed by atoms with Crippen molar-refractivity contribution in [2.75, 3.05) is 18.5 Å². The maximum atomic E-state index is 14.4. The molecule has 27 heteroatoms. The average Bonchev–Trinajstić information content (AvgIpc) is 1.76. The van der Waals surface area contributed by atoms with E-state index >= 15 is 0 Å². The number of halogens is 7. The number of rotatable bonds is 24. The van der Waals surface area contributed by atoms with E-state index in [-0.39, 0.29) is 75.7 Å². The third-order valence-electron chi connectivity index (χ3n) is 27.0. The molecule has 686 valence electrons. The first-order valence-electron chi connectivity index (χ1n) is 43.6. The van der Waals surface area contributed by atoms with Crippen molar-refractivity contribution in [2.45, 2.75) is 393 Å². The Morgan fingerprint density at radius 1 is 0.546 bits per heavy atom. The number of hydrogen-bond donors (Lipinski definition) is 0. The van der Waals surface area contributed by atoms with Crippen molar-refractivity contribution in [3.05, 3.63) is 85.3 Å². The number of aromatic nitrogens is 2. The number of hydrogen-bond acceptors (Lipinski definition) is 15. The van der Waals surface area contributed by atoms with Gasteiger partial charge in [-0.25, -0.2) is 4.98 Å². The van der Waals surface area contributed by atoms with Crippen LogP contribution in [-0.2, 0) is 70.5 Å². The minimum absolute atomic E-state index is 0.0498. The quantitative estimate of drug-likeness (QED) is 0.0321. The summed E-state index contributed by atoms with van der Waals surface area (Å²) in [5.74, 6) is -4.64. The Bertz CT molecular complexity index is 3730. The van der Waals surface area contributed by atoms with Crippen LogP contribution in [0.2, 0.25) is 72.5 Å². The molecule has 0 aromatic carbocycles. The Labute approximate surface area is 737 Å². The monoisotopic (exact) mass is 1870 g/mol. The van der Waals surface area contributed by atoms with Crippen molar-refractivity contribution >= 4 is 112 Å². The molecule has 10 atom stereocenters. The molecule has 2 aliphatic rings. The fraction of sp³-hybridized carbons (Fsp3) is 0.772. The van der Waals surface area contributed by atoms with Gasteiger partial charge in [-0.1, -0.05) is 168 Å². The zero-order chi connectivity index (χ0) is 92.3. The van der Waals surface area contributed by atoms with Crippen LogP contribution in [0.5, 0.6) is 0 Å². The molecule has 0 spiro atoms. The summed E-state index contributed by atoms with van der Waals surface area (Å²) < 4.78 is 122. The van der Waals surface area contributed by atoms with Gasteiger partial charge in [-0.05, 0) is 116 Å². The molecule has 119 heavy (non-hydrogen) atoms. The molecule has 0 saturated carbocycles. The summed E-state index contributed by atoms with van der Waals surface area (Å²) in [4.78, 5) is 76.2. The summed E-state index contributed by atoms with van der Waals surface area (Å²) in [6.07, 6.45) is 9.28. The van der Waals surface area contributed by atoms with Crippen molar-refractivity contribution in [1.29, 1.82) is 0 Å². The van der Waals surface area contributed by atoms with Crippen LogP contribution in [0.15, 0.2) is 63.9 Å². The van der Waals surface area contributed by atoms with E-state index in [9.17, 15) is 50.3 Å². The Balaban J connectivity index is 0.000000633. The average molecular weight is 1870 g/mol. The first-order chi connectivity index (χ1) is 53.8. The third-order valence-corrected chi connectivity index (χ3v) is 56.0. The first-order valence-corrected chi connectivity index (χ1v) is 62.0. The summed E-state index contributed by atoms with van der Waals surface area (Å²) in [6, 6.07) is 0. The second kappa shape index (κ2) is 45.2. The number of allylic oxidation sites excluding steroid dienone is 4. The van der Waals surface area contributed by atoms with Crippen LogP contribution in [0.3, 0.4) is 0 Å². The fourth-order valence-corrected chi connectivity index (χ4v) is 28.3. The summed E-state index contributed by atoms with van der Waals surface area (Å²) >= 11 is 7.76. The SMILES string of the molecule is C/C(=C\c1csc(CO[Si](C)(C)C(C)(C)C)n1)[C@@H]1C/C=C(/C(F)(F)F)C/C=C/[C@H](C)[C@H](O[Si](C)(C)C(C)(C)C)[C@@H](C)C(=O)C(C)(C)[C@@H](C)CC(=O)O1.CC(=O)[C@@H]1C/C=C(/C(F)(F)F)C/C=C/[C@H](C)[C@H](O[Si](C)(C)C(C)(C)C)[C@@H](C)C(=O)C(C)(C)[C@@H](C)CC(=O)O1.CCCCP(Br)(CCCC)(CCCC)Cc1csc(CO[Si](C)(C)C(C)(C)C)n1. The first kappa shape index (κ1) is 112. The van der Waals surface area contributed by atoms with Gasteiger partial charge in [-0.2, -0.15) is 26.3 Å². The van der Waals surface area contributed by atoms with Gasteiger partial charge in [0.1, 0.15) is 22.7 Å². The van der Waals surface area contributed by atoms with Gasteiger partial charge in [0.15, 0.2) is 36.8 Å². The molecule has 2 aliphatic heterocycles. The van der Waals surface area contributed by atoms with E-state index in [1.807, 2.05) is 46.9 Å². The van der Waals surface area contributed by atoms with Crippen LogP contribution in [0, 0.1) is 46.3 Å². The zero-order valence-electron chi connectivity index (χ0n) is 80.0. The van der Waals surface area contributed by atoms with Crippen molar-refractivity contribution in [3.8, 4) is 0 Å². The fourth-order valence-electron chi connectivity index (χ4n) is 13.4. The topological polar surface area (TPSA) is 167 Å². The molecule has 2 aromatic rings. The molecule has 0 saturated heterocycles. The summed E-state index contributed by atoms with van der Waals surface area (Å²) in [6.45, 7) is 72.7. The number of unbranched alkanes of at least 4 members (excludes halogenated alkanes) is 3. The number of Topliss-reactive ketones (excluding diaryl/α,β-unsaturated/α-hetero) is 3. The Hall–Kier alpha value is -2.89. The van der Waals surface area contributed by atoms with Crippen LogP contribution >= 0.6 is 43.5 Å². The van der Waals surface area contributed by atoms with Crippen LogP contribution in [0.1, 0.15) is 285 Å². The molecule has 0 bridgehead atoms. The van der Waals surface area contributed by atoms with Gasteiger partial charge in [0, 0.05) is 64.9 Å². The molecule has 4 heterocycles. The minimum atomic E-state index is -4.61. The van der Waals surface area contributed by atoms with Crippen molar-refractivity contribution in [2.24, 2.45) is 46.3 Å². The van der Waals surface area contributed by atoms with E-state index in [4.69, 9.17) is 37.1 Å². The number of carbonyl (C=O) groups excluding carboxylic acids is 5. The second-order valence-electron chi connectivity index (χ2n) is 41.7. The van der Waals surface area contributed by atoms with Crippen LogP contribution in [0.4, 0.5) is 26.3 Å². The molecule has 13 nitrogen and oxygen atoms in total. The van der Waals surface area contributed by atoms with E-state index in [1.54, 1.807) is 64.2 Å². The number of ether oxygens (including phenoxy) is 2. The number of thiazole rings is 2. The number of carbonyl (C=O) groups is 5. The van der Waals surface area contributed by atoms with E-state index in [0.717, 1.165) is 22.2 Å². The Morgan fingerprint density at radius 2 is 0.882 bits per heavy atom. The van der Waals surface area contributed by atoms with E-state index in [0.29, 0.717) is 24.5 Å². The predicted molar refractivity (Wildman–Crippen MR) is 502 cm³/mol. The van der Waals surface area contributed by atoms with Gasteiger partial charge in [0.2, 0.25) is 0 Å². The molecular formula is C92H160BrF6N2O11PS2Si4. The standard InChI is InChI=1S/C40H66F3NO5SSi2.C29H47F3O5Si.C23H47BrNOPSSi/c1-26-18-17-19-30(40(41,42)43)20-21-32(27(2)22-31-25-50-33(44-31)24-47-51(13,14)37(5,6)7)48-34(45)23-28(3)39(11,12)36(46)29(4)35(26)49-52(15,16)38(8,9)10;1-18-13-12-14-22(29(30,31)32)15-16-23(21(4)33)36-24(34)17-19(2)28(8,9)26(35)20(3)25(18)37-38(10,11)27(5,6)7;1-9-12-15-27(24,16-13-10-2,17-14-11-3)19-21-20-28-22(25-21)18-26-29(7,8)23(4,5)6/h17-18,20,22,25-26,28-29,32,35H,19,21,23-24H2,1-16H3;12-13,15,18-20,23,25H,14,16-17H2,1-11H3;20H,9-19H2,1-8H3/b18-17+,27-22+,30-20+;13-12+,22-15+;/t26-,28-,29+,32-,35-;18-,19-,20+,23-,25-;/m00./s1. The molecule has 0 radical (unpaired) electrons. The Morgan fingerprint density at radius 3 is 1.22 bits per heavy atom. The predicted octanol–water partition coefficient (Wildman–Crippen LogP) is 29.1. The number of alkyl halides is 6. The van der Waals surface area contributed by atoms with Crippen molar-refractivity contribution in [3.63, 3.8) is 0 Å². The van der Waals surface area contributed by atoms with Gasteiger partial charge < -0.3 is 22.8 Å². The van der Waals surface area contributed by atoms with Crippen LogP contribution in [0.25, 0.3) is 6.08 Å². The van der Waals surface area contributed by atoms with Gasteiger partial charge in [-0.15, -0.1) is 11.3 Å². The van der Waals surface area contributed by atoms with Crippen molar-refractivity contribution in [1.82, 2.24) is 9.97 Å². The zero-order valence-corrected chi connectivity index (χ0v) is 88.1. The molecule has 4 rings (SSSR count). The van der Waals surface area contributed by atoms with E-state index < -0.39 is 145 Å². The number of esters is 2. The third kappa shape index (κ3) is 34.3. The van der Waals surface area contributed by atoms with Gasteiger partial charge in [0.05, 0.1) is 24.5 Å². The summed E-state index contributed by atoms with van der Waals surface area (Å²) in [5.41, 5.74) is -0.862. The van der Waals surface area contributed by atoms with Gasteiger partial charge in [-0.3, -0.25) is 24.0 Å². The molecule has 0 unspecified atom stereocenters. The summed E-state index contributed by atoms with van der Waals surface area (Å²) in [5, 5.41) is 4.21. The molecule has 0 aliphatic carbocycles. The molecule has 0 N–H and O–H groups in total. The Kier molecular flexibility index (Phi) is 42.6.